The van der Waals surface area contributed by atoms with Crippen molar-refractivity contribution < 1.29 is 14.6 Å². The van der Waals surface area contributed by atoms with Gasteiger partial charge in [-0.25, -0.2) is 9.97 Å². The molecule has 1 unspecified atom stereocenters. The number of nitrogens with zero attached hydrogens (tertiary/aromatic N) is 3. The van der Waals surface area contributed by atoms with Crippen molar-refractivity contribution in [3.05, 3.63) is 36.5 Å². The van der Waals surface area contributed by atoms with Crippen LogP contribution in [0.4, 0.5) is 5.95 Å². The van der Waals surface area contributed by atoms with Gasteiger partial charge < -0.3 is 14.7 Å². The predicted octanol–water partition coefficient (Wildman–Crippen LogP) is 2.63. The molecule has 6 nitrogen and oxygen atoms in total. The van der Waals surface area contributed by atoms with Gasteiger partial charge in [0.05, 0.1) is 17.7 Å². The van der Waals surface area contributed by atoms with E-state index in [9.17, 15) is 9.90 Å². The summed E-state index contributed by atoms with van der Waals surface area (Å²) >= 11 is 0. The summed E-state index contributed by atoms with van der Waals surface area (Å²) in [5.41, 5.74) is 1.11. The molecule has 2 aliphatic rings. The molecule has 25 heavy (non-hydrogen) atoms. The summed E-state index contributed by atoms with van der Waals surface area (Å²) in [6.07, 6.45) is 3.38. The van der Waals surface area contributed by atoms with Crippen molar-refractivity contribution in [2.45, 2.75) is 19.8 Å². The molecule has 1 aromatic heterocycles. The molecule has 1 saturated heterocycles. The van der Waals surface area contributed by atoms with Crippen molar-refractivity contribution in [2.24, 2.45) is 11.3 Å². The summed E-state index contributed by atoms with van der Waals surface area (Å²) in [6, 6.07) is 8.94. The molecule has 1 aromatic carbocycles. The van der Waals surface area contributed by atoms with Crippen LogP contribution in [0.15, 0.2) is 36.5 Å². The van der Waals surface area contributed by atoms with E-state index in [2.05, 4.69) is 14.9 Å². The summed E-state index contributed by atoms with van der Waals surface area (Å²) in [5, 5.41) is 10.0. The van der Waals surface area contributed by atoms with Gasteiger partial charge >= 0.3 is 5.97 Å². The second-order valence-electron chi connectivity index (χ2n) is 6.73. The summed E-state index contributed by atoms with van der Waals surface area (Å²) in [5.74, 6) is 1.11. The number of piperidine rings is 1. The number of anilines is 1. The number of para-hydroxylation sites is 1. The third-order valence-corrected chi connectivity index (χ3v) is 5.29. The lowest BCUT2D eigenvalue weighted by molar-refractivity contribution is -0.150. The molecule has 2 aromatic rings. The largest absolute Gasteiger partial charge is 0.507 e. The Morgan fingerprint density at radius 2 is 2.24 bits per heavy atom. The SMILES string of the molecule is CCOC(=O)[C@@]12CCN(c3nccc(-c4ccccc4O)n3)CC1C2. The Labute approximate surface area is 146 Å². The molecule has 4 rings (SSSR count). The summed E-state index contributed by atoms with van der Waals surface area (Å²) in [7, 11) is 0. The summed E-state index contributed by atoms with van der Waals surface area (Å²) in [6.45, 7) is 3.78. The molecule has 6 heteroatoms. The monoisotopic (exact) mass is 339 g/mol. The number of aromatic nitrogens is 2. The standard InChI is InChI=1S/C19H21N3O3/c1-2-25-17(24)19-8-10-22(12-13(19)11-19)18-20-9-7-15(21-18)14-5-3-4-6-16(14)23/h3-7,9,13,23H,2,8,10-12H2,1H3/t13?,19-/m1/s1. The molecule has 1 saturated carbocycles. The van der Waals surface area contributed by atoms with E-state index < -0.39 is 0 Å². The van der Waals surface area contributed by atoms with Crippen molar-refractivity contribution >= 4 is 11.9 Å². The number of fused-ring (bicyclic) bond motifs is 1. The Kier molecular flexibility index (Phi) is 3.82. The maximum absolute atomic E-state index is 12.2. The first kappa shape index (κ1) is 15.9. The minimum absolute atomic E-state index is 0.0523. The number of ether oxygens (including phenoxy) is 1. The summed E-state index contributed by atoms with van der Waals surface area (Å²) < 4.78 is 5.24. The molecule has 2 fully saturated rings. The van der Waals surface area contributed by atoms with Crippen LogP contribution in [0, 0.1) is 11.3 Å². The molecule has 0 bridgehead atoms. The maximum Gasteiger partial charge on any atom is 0.312 e. The minimum Gasteiger partial charge on any atom is -0.507 e. The van der Waals surface area contributed by atoms with Gasteiger partial charge in [0.1, 0.15) is 5.75 Å². The Balaban J connectivity index is 1.52. The highest BCUT2D eigenvalue weighted by molar-refractivity contribution is 5.81. The zero-order chi connectivity index (χ0) is 17.4. The van der Waals surface area contributed by atoms with Gasteiger partial charge in [0.25, 0.3) is 0 Å². The van der Waals surface area contributed by atoms with Crippen molar-refractivity contribution in [2.75, 3.05) is 24.6 Å². The van der Waals surface area contributed by atoms with E-state index in [-0.39, 0.29) is 17.1 Å². The van der Waals surface area contributed by atoms with Gasteiger partial charge in [-0.15, -0.1) is 0 Å². The Bertz CT molecular complexity index is 810. The third-order valence-electron chi connectivity index (χ3n) is 5.29. The van der Waals surface area contributed by atoms with Crippen molar-refractivity contribution in [3.8, 4) is 17.0 Å². The van der Waals surface area contributed by atoms with Crippen molar-refractivity contribution in [1.82, 2.24) is 9.97 Å². The van der Waals surface area contributed by atoms with Crippen LogP contribution in [-0.4, -0.2) is 40.7 Å². The molecule has 2 atom stereocenters. The second kappa shape index (κ2) is 6.02. The van der Waals surface area contributed by atoms with Gasteiger partial charge in [-0.1, -0.05) is 12.1 Å². The summed E-state index contributed by atoms with van der Waals surface area (Å²) in [4.78, 5) is 23.3. The topological polar surface area (TPSA) is 75.5 Å². The van der Waals surface area contributed by atoms with Crippen molar-refractivity contribution in [1.29, 1.82) is 0 Å². The van der Waals surface area contributed by atoms with E-state index in [1.807, 2.05) is 19.1 Å². The molecule has 1 N–H and O–H groups in total. The van der Waals surface area contributed by atoms with Crippen LogP contribution in [-0.2, 0) is 9.53 Å². The lowest BCUT2D eigenvalue weighted by atomic mass is 9.95. The van der Waals surface area contributed by atoms with Crippen LogP contribution < -0.4 is 4.90 Å². The Hall–Kier alpha value is -2.63. The number of carbonyl (C=O) groups is 1. The van der Waals surface area contributed by atoms with E-state index in [1.54, 1.807) is 24.4 Å². The first-order valence-electron chi connectivity index (χ1n) is 8.67. The average molecular weight is 339 g/mol. The van der Waals surface area contributed by atoms with Gasteiger partial charge in [-0.2, -0.15) is 0 Å². The number of phenols is 1. The van der Waals surface area contributed by atoms with Crippen LogP contribution in [0.1, 0.15) is 19.8 Å². The predicted molar refractivity (Wildman–Crippen MR) is 93.1 cm³/mol. The number of hydrogen-bond donors (Lipinski definition) is 1. The van der Waals surface area contributed by atoms with E-state index in [0.29, 0.717) is 29.7 Å². The zero-order valence-electron chi connectivity index (χ0n) is 14.2. The number of aromatic hydroxyl groups is 1. The highest BCUT2D eigenvalue weighted by atomic mass is 16.5. The number of hydrogen-bond acceptors (Lipinski definition) is 6. The fraction of sp³-hybridized carbons (Fsp3) is 0.421. The van der Waals surface area contributed by atoms with E-state index in [1.165, 1.54) is 0 Å². The number of esters is 1. The second-order valence-corrected chi connectivity index (χ2v) is 6.73. The molecular weight excluding hydrogens is 318 g/mol. The van der Waals surface area contributed by atoms with Gasteiger partial charge in [0.15, 0.2) is 0 Å². The molecule has 1 aliphatic carbocycles. The number of benzene rings is 1. The molecule has 0 spiro atoms. The highest BCUT2D eigenvalue weighted by Crippen LogP contribution is 2.58. The number of carbonyl (C=O) groups excluding carboxylic acids is 1. The van der Waals surface area contributed by atoms with E-state index in [0.717, 1.165) is 25.9 Å². The normalized spacial score (nSPS) is 24.5. The van der Waals surface area contributed by atoms with Crippen LogP contribution in [0.25, 0.3) is 11.3 Å². The van der Waals surface area contributed by atoms with Gasteiger partial charge in [-0.05, 0) is 43.9 Å². The zero-order valence-corrected chi connectivity index (χ0v) is 14.2. The number of phenolic OH excluding ortho intramolecular Hbond substituents is 1. The highest BCUT2D eigenvalue weighted by Gasteiger charge is 2.63. The van der Waals surface area contributed by atoms with E-state index >= 15 is 0 Å². The quantitative estimate of drug-likeness (QED) is 0.863. The van der Waals surface area contributed by atoms with Gasteiger partial charge in [-0.3, -0.25) is 4.79 Å². The van der Waals surface area contributed by atoms with Crippen LogP contribution in [0.2, 0.25) is 0 Å². The van der Waals surface area contributed by atoms with Crippen LogP contribution >= 0.6 is 0 Å². The molecule has 0 radical (unpaired) electrons. The van der Waals surface area contributed by atoms with Gasteiger partial charge in [0.2, 0.25) is 5.95 Å². The lowest BCUT2D eigenvalue weighted by Gasteiger charge is -2.30. The lowest BCUT2D eigenvalue weighted by Crippen LogP contribution is -2.39. The smallest absolute Gasteiger partial charge is 0.312 e. The van der Waals surface area contributed by atoms with Gasteiger partial charge in [0, 0.05) is 24.8 Å². The minimum atomic E-state index is -0.276. The fourth-order valence-electron chi connectivity index (χ4n) is 3.77. The molecule has 130 valence electrons. The average Bonchev–Trinajstić information content (AvgIpc) is 3.37. The molecule has 0 amide bonds. The first-order valence-corrected chi connectivity index (χ1v) is 8.67. The van der Waals surface area contributed by atoms with Crippen molar-refractivity contribution in [3.63, 3.8) is 0 Å². The van der Waals surface area contributed by atoms with Crippen LogP contribution in [0.5, 0.6) is 5.75 Å². The number of rotatable bonds is 4. The third kappa shape index (κ3) is 2.71. The Morgan fingerprint density at radius 3 is 3.00 bits per heavy atom. The molecular formula is C19H21N3O3. The fourth-order valence-corrected chi connectivity index (χ4v) is 3.77. The van der Waals surface area contributed by atoms with E-state index in [4.69, 9.17) is 4.74 Å². The first-order chi connectivity index (χ1) is 12.1. The molecule has 2 heterocycles. The molecule has 1 aliphatic heterocycles. The maximum atomic E-state index is 12.2. The van der Waals surface area contributed by atoms with Crippen LogP contribution in [0.3, 0.4) is 0 Å². The Morgan fingerprint density at radius 1 is 1.40 bits per heavy atom.